The summed E-state index contributed by atoms with van der Waals surface area (Å²) in [5, 5.41) is 0.151. The highest BCUT2D eigenvalue weighted by Crippen LogP contribution is 2.36. The monoisotopic (exact) mass is 428 g/mol. The van der Waals surface area contributed by atoms with Crippen molar-refractivity contribution in [1.82, 2.24) is 14.3 Å². The second-order valence-corrected chi connectivity index (χ2v) is 15.4. The second-order valence-electron chi connectivity index (χ2n) is 8.60. The number of rotatable bonds is 6. The minimum Gasteiger partial charge on any atom is -0.413 e. The molecule has 1 aliphatic rings. The first-order valence-corrected chi connectivity index (χ1v) is 14.2. The van der Waals surface area contributed by atoms with Crippen LogP contribution in [0.1, 0.15) is 26.5 Å². The number of aromatic nitrogens is 2. The zero-order valence-corrected chi connectivity index (χ0v) is 19.5. The van der Waals surface area contributed by atoms with Gasteiger partial charge in [-0.25, -0.2) is 13.4 Å². The molecule has 1 fully saturated rings. The van der Waals surface area contributed by atoms with E-state index in [4.69, 9.17) is 4.43 Å². The van der Waals surface area contributed by atoms with Gasteiger partial charge in [-0.1, -0.05) is 26.8 Å². The van der Waals surface area contributed by atoms with Gasteiger partial charge < -0.3 is 14.3 Å². The standard InChI is InChI=1S/C18H32N4O4SSi/c1-18(2,3)28(5,6)26-13-7-8-15-14-19-17(23)16(20-15)21-9-11-22(12-10-21)27(4,24)25/h7-8,14H,9-13H2,1-6H3,(H,19,23). The van der Waals surface area contributed by atoms with Gasteiger partial charge in [0.25, 0.3) is 5.56 Å². The fourth-order valence-electron chi connectivity index (χ4n) is 2.58. The van der Waals surface area contributed by atoms with E-state index in [0.29, 0.717) is 44.3 Å². The molecule has 1 saturated heterocycles. The van der Waals surface area contributed by atoms with Crippen LogP contribution in [0.2, 0.25) is 18.1 Å². The molecule has 1 aromatic rings. The summed E-state index contributed by atoms with van der Waals surface area (Å²) in [6.07, 6.45) is 6.51. The lowest BCUT2D eigenvalue weighted by atomic mass is 10.2. The van der Waals surface area contributed by atoms with E-state index >= 15 is 0 Å². The lowest BCUT2D eigenvalue weighted by molar-refractivity contribution is 0.328. The third kappa shape index (κ3) is 5.76. The minimum absolute atomic E-state index is 0.151. The predicted molar refractivity (Wildman–Crippen MR) is 116 cm³/mol. The topological polar surface area (TPSA) is 95.6 Å². The molecule has 0 atom stereocenters. The van der Waals surface area contributed by atoms with Gasteiger partial charge in [-0.3, -0.25) is 4.79 Å². The van der Waals surface area contributed by atoms with E-state index in [1.54, 1.807) is 6.20 Å². The van der Waals surface area contributed by atoms with Crippen molar-refractivity contribution in [1.29, 1.82) is 0 Å². The van der Waals surface area contributed by atoms with Crippen molar-refractivity contribution < 1.29 is 12.8 Å². The number of piperazine rings is 1. The third-order valence-corrected chi connectivity index (χ3v) is 11.2. The van der Waals surface area contributed by atoms with E-state index in [1.165, 1.54) is 10.6 Å². The second kappa shape index (κ2) is 8.48. The molecule has 0 aromatic carbocycles. The van der Waals surface area contributed by atoms with Gasteiger partial charge in [0.1, 0.15) is 0 Å². The predicted octanol–water partition coefficient (Wildman–Crippen LogP) is 1.89. The van der Waals surface area contributed by atoms with Crippen LogP contribution in [0.15, 0.2) is 17.1 Å². The van der Waals surface area contributed by atoms with Crippen molar-refractivity contribution in [3.63, 3.8) is 0 Å². The molecule has 2 heterocycles. The van der Waals surface area contributed by atoms with Crippen LogP contribution in [0, 0.1) is 0 Å². The fraction of sp³-hybridized carbons (Fsp3) is 0.667. The third-order valence-electron chi connectivity index (χ3n) is 5.43. The first-order chi connectivity index (χ1) is 12.8. The van der Waals surface area contributed by atoms with E-state index in [2.05, 4.69) is 43.8 Å². The molecule has 0 unspecified atom stereocenters. The summed E-state index contributed by atoms with van der Waals surface area (Å²) in [5.41, 5.74) is 0.362. The molecule has 1 aliphatic heterocycles. The Kier molecular flexibility index (Phi) is 6.90. The maximum atomic E-state index is 12.2. The van der Waals surface area contributed by atoms with Gasteiger partial charge in [0.2, 0.25) is 10.0 Å². The van der Waals surface area contributed by atoms with E-state index < -0.39 is 18.3 Å². The summed E-state index contributed by atoms with van der Waals surface area (Å²) >= 11 is 0. The van der Waals surface area contributed by atoms with Crippen molar-refractivity contribution in [2.45, 2.75) is 38.9 Å². The van der Waals surface area contributed by atoms with Gasteiger partial charge in [0.15, 0.2) is 14.1 Å². The SMILES string of the molecule is CC(C)(C)[Si](C)(C)OCC=Cc1c[nH]c(=O)c(N2CCN(S(C)(=O)=O)CC2)n1. The zero-order valence-electron chi connectivity index (χ0n) is 17.7. The Morgan fingerprint density at radius 2 is 1.86 bits per heavy atom. The van der Waals surface area contributed by atoms with Crippen LogP contribution < -0.4 is 10.5 Å². The number of aromatic amines is 1. The fourth-order valence-corrected chi connectivity index (χ4v) is 4.35. The molecule has 0 saturated carbocycles. The maximum Gasteiger partial charge on any atom is 0.290 e. The number of nitrogens with one attached hydrogen (secondary N) is 1. The van der Waals surface area contributed by atoms with E-state index in [9.17, 15) is 13.2 Å². The van der Waals surface area contributed by atoms with Crippen LogP contribution in [-0.2, 0) is 14.4 Å². The zero-order chi connectivity index (χ0) is 21.2. The molecule has 2 rings (SSSR count). The van der Waals surface area contributed by atoms with Crippen LogP contribution in [-0.4, -0.2) is 70.1 Å². The van der Waals surface area contributed by atoms with Crippen molar-refractivity contribution >= 4 is 30.2 Å². The van der Waals surface area contributed by atoms with Crippen LogP contribution in [0.3, 0.4) is 0 Å². The molecule has 28 heavy (non-hydrogen) atoms. The smallest absolute Gasteiger partial charge is 0.290 e. The number of anilines is 1. The number of H-pyrrole nitrogens is 1. The Balaban J connectivity index is 2.03. The maximum absolute atomic E-state index is 12.2. The first kappa shape index (κ1) is 22.8. The van der Waals surface area contributed by atoms with Gasteiger partial charge >= 0.3 is 0 Å². The summed E-state index contributed by atoms with van der Waals surface area (Å²) in [6.45, 7) is 13.1. The molecule has 0 spiro atoms. The average Bonchev–Trinajstić information content (AvgIpc) is 2.58. The summed E-state index contributed by atoms with van der Waals surface area (Å²) < 4.78 is 30.8. The van der Waals surface area contributed by atoms with E-state index in [-0.39, 0.29) is 10.6 Å². The highest BCUT2D eigenvalue weighted by atomic mass is 32.2. The van der Waals surface area contributed by atoms with Crippen molar-refractivity contribution in [2.75, 3.05) is 43.9 Å². The molecule has 0 amide bonds. The lowest BCUT2D eigenvalue weighted by Crippen LogP contribution is -2.49. The number of sulfonamides is 1. The van der Waals surface area contributed by atoms with Crippen LogP contribution in [0.4, 0.5) is 5.82 Å². The molecule has 10 heteroatoms. The minimum atomic E-state index is -3.21. The summed E-state index contributed by atoms with van der Waals surface area (Å²) in [7, 11) is -5.01. The summed E-state index contributed by atoms with van der Waals surface area (Å²) in [6, 6.07) is 0. The van der Waals surface area contributed by atoms with E-state index in [0.717, 1.165) is 0 Å². The molecule has 1 aromatic heterocycles. The Labute approximate surface area is 168 Å². The highest BCUT2D eigenvalue weighted by Gasteiger charge is 2.36. The normalized spacial score (nSPS) is 17.4. The molecule has 8 nitrogen and oxygen atoms in total. The van der Waals surface area contributed by atoms with Crippen LogP contribution in [0.25, 0.3) is 6.08 Å². The quantitative estimate of drug-likeness (QED) is 0.695. The first-order valence-electron chi connectivity index (χ1n) is 9.41. The van der Waals surface area contributed by atoms with Crippen molar-refractivity contribution in [3.05, 3.63) is 28.3 Å². The van der Waals surface area contributed by atoms with Gasteiger partial charge in [-0.15, -0.1) is 0 Å². The van der Waals surface area contributed by atoms with Gasteiger partial charge in [0.05, 0.1) is 18.6 Å². The average molecular weight is 429 g/mol. The molecule has 1 N–H and O–H groups in total. The van der Waals surface area contributed by atoms with Crippen LogP contribution in [0.5, 0.6) is 0 Å². The molecular weight excluding hydrogens is 396 g/mol. The Morgan fingerprint density at radius 3 is 2.39 bits per heavy atom. The number of hydrogen-bond acceptors (Lipinski definition) is 6. The van der Waals surface area contributed by atoms with Crippen LogP contribution >= 0.6 is 0 Å². The van der Waals surface area contributed by atoms with Crippen molar-refractivity contribution in [2.24, 2.45) is 0 Å². The molecule has 0 radical (unpaired) electrons. The van der Waals surface area contributed by atoms with Crippen molar-refractivity contribution in [3.8, 4) is 0 Å². The Morgan fingerprint density at radius 1 is 1.25 bits per heavy atom. The number of nitrogens with zero attached hydrogens (tertiary/aromatic N) is 3. The van der Waals surface area contributed by atoms with Gasteiger partial charge in [0, 0.05) is 32.4 Å². The Hall–Kier alpha value is -1.49. The molecule has 0 bridgehead atoms. The van der Waals surface area contributed by atoms with E-state index in [1.807, 2.05) is 17.1 Å². The summed E-state index contributed by atoms with van der Waals surface area (Å²) in [4.78, 5) is 21.2. The van der Waals surface area contributed by atoms with Gasteiger partial charge in [-0.2, -0.15) is 4.31 Å². The number of hydrogen-bond donors (Lipinski definition) is 1. The Bertz CT molecular complexity index is 866. The molecular formula is C18H32N4O4SSi. The molecule has 158 valence electrons. The highest BCUT2D eigenvalue weighted by molar-refractivity contribution is 7.88. The molecule has 0 aliphatic carbocycles. The lowest BCUT2D eigenvalue weighted by Gasteiger charge is -2.35. The van der Waals surface area contributed by atoms with Gasteiger partial charge in [-0.05, 0) is 24.2 Å². The summed E-state index contributed by atoms with van der Waals surface area (Å²) in [5.74, 6) is 0.320. The largest absolute Gasteiger partial charge is 0.413 e.